The molecule has 4 atom stereocenters. The normalized spacial score (nSPS) is 15.9. The van der Waals surface area contributed by atoms with Crippen LogP contribution in [0.2, 0.25) is 0 Å². The first-order valence-electron chi connectivity index (χ1n) is 13.0. The quantitative estimate of drug-likeness (QED) is 0.177. The van der Waals surface area contributed by atoms with Crippen molar-refractivity contribution in [2.24, 2.45) is 0 Å². The van der Waals surface area contributed by atoms with Crippen LogP contribution in [0.1, 0.15) is 90.0 Å². The first-order valence-corrected chi connectivity index (χ1v) is 13.6. The maximum Gasteiger partial charge on any atom is 0.337 e. The molecule has 0 aromatic heterocycles. The smallest absolute Gasteiger partial charge is 0.337 e. The van der Waals surface area contributed by atoms with Crippen LogP contribution in [0, 0.1) is 0 Å². The Bertz CT molecular complexity index is 702. The van der Waals surface area contributed by atoms with Gasteiger partial charge in [-0.3, -0.25) is 0 Å². The SMILES string of the molecule is CC(C)OC(C)COC(=O)C(C)(C)OCC(C)(C)OCC(C)(C)OC(C)(C)C(=O)OCC(C)OC(C)P. The molecule has 0 fully saturated rings. The highest BCUT2D eigenvalue weighted by Crippen LogP contribution is 2.25. The molecule has 0 aliphatic carbocycles. The summed E-state index contributed by atoms with van der Waals surface area (Å²) in [7, 11) is 2.54. The molecule has 0 bridgehead atoms. The fourth-order valence-electron chi connectivity index (χ4n) is 3.23. The highest BCUT2D eigenvalue weighted by Gasteiger charge is 2.39. The lowest BCUT2D eigenvalue weighted by Crippen LogP contribution is -2.48. The van der Waals surface area contributed by atoms with Crippen LogP contribution in [-0.2, 0) is 42.7 Å². The van der Waals surface area contributed by atoms with E-state index in [-0.39, 0.29) is 50.6 Å². The zero-order valence-corrected chi connectivity index (χ0v) is 26.5. The summed E-state index contributed by atoms with van der Waals surface area (Å²) in [5.74, 6) is -0.993. The minimum atomic E-state index is -1.19. The van der Waals surface area contributed by atoms with Gasteiger partial charge in [0.1, 0.15) is 13.2 Å². The second kappa shape index (κ2) is 15.1. The fraction of sp³-hybridized carbons (Fsp3) is 0.926. The van der Waals surface area contributed by atoms with Crippen LogP contribution in [-0.4, -0.2) is 84.9 Å². The number of rotatable bonds is 18. The lowest BCUT2D eigenvalue weighted by molar-refractivity contribution is -0.209. The molecule has 0 saturated carbocycles. The van der Waals surface area contributed by atoms with Crippen LogP contribution < -0.4 is 0 Å². The Kier molecular flexibility index (Phi) is 14.7. The average molecular weight is 553 g/mol. The molecule has 4 unspecified atom stereocenters. The Labute approximate surface area is 227 Å². The number of carbonyl (C=O) groups excluding carboxylic acids is 2. The van der Waals surface area contributed by atoms with Crippen LogP contribution in [0.15, 0.2) is 0 Å². The molecule has 9 nitrogen and oxygen atoms in total. The van der Waals surface area contributed by atoms with Gasteiger partial charge in [0, 0.05) is 0 Å². The number of esters is 2. The van der Waals surface area contributed by atoms with E-state index in [1.165, 1.54) is 0 Å². The summed E-state index contributed by atoms with van der Waals surface area (Å²) >= 11 is 0. The van der Waals surface area contributed by atoms with Gasteiger partial charge in [0.15, 0.2) is 11.2 Å². The molecule has 0 spiro atoms. The number of hydrogen-bond acceptors (Lipinski definition) is 9. The van der Waals surface area contributed by atoms with Crippen molar-refractivity contribution < 1.29 is 42.7 Å². The summed E-state index contributed by atoms with van der Waals surface area (Å²) in [6.07, 6.45) is -0.394. The van der Waals surface area contributed by atoms with Gasteiger partial charge < -0.3 is 33.2 Å². The third-order valence-corrected chi connectivity index (χ3v) is 5.11. The van der Waals surface area contributed by atoms with Crippen molar-refractivity contribution in [2.45, 2.75) is 137 Å². The second-order valence-electron chi connectivity index (χ2n) is 12.1. The van der Waals surface area contributed by atoms with Gasteiger partial charge in [0.05, 0.1) is 48.6 Å². The van der Waals surface area contributed by atoms with Gasteiger partial charge in [-0.2, -0.15) is 0 Å². The monoisotopic (exact) mass is 552 g/mol. The molecule has 0 N–H and O–H groups in total. The van der Waals surface area contributed by atoms with Gasteiger partial charge in [0.25, 0.3) is 0 Å². The molecular formula is C27H53O9P. The van der Waals surface area contributed by atoms with Crippen LogP contribution in [0.4, 0.5) is 0 Å². The summed E-state index contributed by atoms with van der Waals surface area (Å²) in [6.45, 7) is 24.1. The third-order valence-electron chi connectivity index (χ3n) is 4.96. The van der Waals surface area contributed by atoms with E-state index in [2.05, 4.69) is 9.24 Å². The number of ether oxygens (including phenoxy) is 7. The first kappa shape index (κ1) is 36.2. The molecule has 0 aliphatic heterocycles. The minimum Gasteiger partial charge on any atom is -0.461 e. The number of hydrogen-bond donors (Lipinski definition) is 0. The largest absolute Gasteiger partial charge is 0.461 e. The minimum absolute atomic E-state index is 0.0365. The van der Waals surface area contributed by atoms with Gasteiger partial charge in [0.2, 0.25) is 0 Å². The Morgan fingerprint density at radius 3 is 1.54 bits per heavy atom. The van der Waals surface area contributed by atoms with Gasteiger partial charge in [-0.15, -0.1) is 9.24 Å². The van der Waals surface area contributed by atoms with Crippen molar-refractivity contribution in [3.05, 3.63) is 0 Å². The molecule has 0 aliphatic rings. The Morgan fingerprint density at radius 1 is 0.649 bits per heavy atom. The van der Waals surface area contributed by atoms with Crippen molar-refractivity contribution in [1.82, 2.24) is 0 Å². The van der Waals surface area contributed by atoms with Gasteiger partial charge >= 0.3 is 11.9 Å². The number of carbonyl (C=O) groups is 2. The van der Waals surface area contributed by atoms with E-state index in [0.29, 0.717) is 0 Å². The molecule has 10 heteroatoms. The van der Waals surface area contributed by atoms with E-state index < -0.39 is 34.3 Å². The molecule has 0 amide bonds. The van der Waals surface area contributed by atoms with Gasteiger partial charge in [-0.1, -0.05) is 0 Å². The van der Waals surface area contributed by atoms with E-state index in [1.54, 1.807) is 27.7 Å². The first-order chi connectivity index (χ1) is 16.6. The Morgan fingerprint density at radius 2 is 1.08 bits per heavy atom. The predicted molar refractivity (Wildman–Crippen MR) is 147 cm³/mol. The molecule has 0 saturated heterocycles. The van der Waals surface area contributed by atoms with Crippen molar-refractivity contribution >= 4 is 21.2 Å². The van der Waals surface area contributed by atoms with E-state index in [0.717, 1.165) is 0 Å². The molecule has 220 valence electrons. The predicted octanol–water partition coefficient (Wildman–Crippen LogP) is 4.68. The van der Waals surface area contributed by atoms with Gasteiger partial charge in [-0.25, -0.2) is 9.59 Å². The Balaban J connectivity index is 4.77. The summed E-state index contributed by atoms with van der Waals surface area (Å²) in [6, 6.07) is 0. The van der Waals surface area contributed by atoms with Crippen molar-refractivity contribution in [2.75, 3.05) is 26.4 Å². The zero-order valence-electron chi connectivity index (χ0n) is 25.4. The summed E-state index contributed by atoms with van der Waals surface area (Å²) < 4.78 is 40.0. The van der Waals surface area contributed by atoms with Crippen LogP contribution >= 0.6 is 9.24 Å². The lowest BCUT2D eigenvalue weighted by Gasteiger charge is -2.37. The molecule has 0 radical (unpaired) electrons. The highest BCUT2D eigenvalue weighted by molar-refractivity contribution is 7.17. The van der Waals surface area contributed by atoms with Crippen LogP contribution in [0.5, 0.6) is 0 Å². The maximum atomic E-state index is 12.6. The summed E-state index contributed by atoms with van der Waals surface area (Å²) in [4.78, 5) is 25.2. The topological polar surface area (TPSA) is 98.8 Å². The average Bonchev–Trinajstić information content (AvgIpc) is 2.71. The van der Waals surface area contributed by atoms with Crippen molar-refractivity contribution in [3.63, 3.8) is 0 Å². The molecule has 0 rings (SSSR count). The fourth-order valence-corrected chi connectivity index (χ4v) is 3.50. The van der Waals surface area contributed by atoms with Gasteiger partial charge in [-0.05, 0) is 90.0 Å². The standard InChI is InChI=1S/C27H53O9P/c1-18(2)34-19(3)14-30-22(28)26(10,11)33-16-24(6,7)32-17-25(8,9)36-27(12,13)23(29)31-15-20(4)35-21(5)37/h18-21H,14-17,37H2,1-13H3. The van der Waals surface area contributed by atoms with Crippen molar-refractivity contribution in [3.8, 4) is 0 Å². The van der Waals surface area contributed by atoms with E-state index in [1.807, 2.05) is 62.3 Å². The molecule has 0 aromatic carbocycles. The van der Waals surface area contributed by atoms with E-state index in [4.69, 9.17) is 33.2 Å². The molecule has 0 aromatic rings. The van der Waals surface area contributed by atoms with E-state index in [9.17, 15) is 9.59 Å². The zero-order chi connectivity index (χ0) is 29.2. The highest BCUT2D eigenvalue weighted by atomic mass is 31.0. The maximum absolute atomic E-state index is 12.6. The molecular weight excluding hydrogens is 499 g/mol. The third kappa shape index (κ3) is 16.0. The Hall–Kier alpha value is -0.830. The summed E-state index contributed by atoms with van der Waals surface area (Å²) in [5.41, 5.74) is -3.90. The molecule has 0 heterocycles. The van der Waals surface area contributed by atoms with Crippen LogP contribution in [0.3, 0.4) is 0 Å². The summed E-state index contributed by atoms with van der Waals surface area (Å²) in [5, 5.41) is 0. The van der Waals surface area contributed by atoms with Crippen LogP contribution in [0.25, 0.3) is 0 Å². The van der Waals surface area contributed by atoms with Crippen molar-refractivity contribution in [1.29, 1.82) is 0 Å². The lowest BCUT2D eigenvalue weighted by atomic mass is 10.1. The molecule has 37 heavy (non-hydrogen) atoms. The second-order valence-corrected chi connectivity index (χ2v) is 13.0. The van der Waals surface area contributed by atoms with E-state index >= 15 is 0 Å².